The third-order valence-corrected chi connectivity index (χ3v) is 3.59. The average Bonchev–Trinajstić information content (AvgIpc) is 2.15. The molecule has 1 aromatic carbocycles. The molecular weight excluding hydrogens is 222 g/mol. The van der Waals surface area contributed by atoms with Crippen molar-refractivity contribution in [3.05, 3.63) is 34.9 Å². The number of nitrogens with zero attached hydrogens (tertiary/aromatic N) is 1. The first kappa shape index (κ1) is 11.6. The van der Waals surface area contributed by atoms with Gasteiger partial charge in [0.2, 0.25) is 0 Å². The van der Waals surface area contributed by atoms with Crippen molar-refractivity contribution in [1.29, 1.82) is 0 Å². The minimum atomic E-state index is 0.111. The van der Waals surface area contributed by atoms with Crippen LogP contribution in [-0.2, 0) is 0 Å². The van der Waals surface area contributed by atoms with E-state index in [0.29, 0.717) is 23.2 Å². The van der Waals surface area contributed by atoms with Crippen LogP contribution in [0.15, 0.2) is 24.3 Å². The highest BCUT2D eigenvalue weighted by atomic mass is 35.5. The fourth-order valence-corrected chi connectivity index (χ4v) is 2.20. The van der Waals surface area contributed by atoms with Gasteiger partial charge in [0.15, 0.2) is 5.78 Å². The quantitative estimate of drug-likeness (QED) is 0.751. The molecule has 0 N–H and O–H groups in total. The molecule has 0 saturated heterocycles. The predicted molar refractivity (Wildman–Crippen MR) is 66.1 cm³/mol. The number of hydrogen-bond donors (Lipinski definition) is 0. The summed E-state index contributed by atoms with van der Waals surface area (Å²) in [6.45, 7) is 0.467. The van der Waals surface area contributed by atoms with Crippen LogP contribution in [0.25, 0.3) is 0 Å². The Labute approximate surface area is 101 Å². The van der Waals surface area contributed by atoms with Crippen molar-refractivity contribution in [2.75, 3.05) is 13.6 Å². The van der Waals surface area contributed by atoms with E-state index in [2.05, 4.69) is 4.90 Å². The second-order valence-electron chi connectivity index (χ2n) is 4.40. The van der Waals surface area contributed by atoms with Gasteiger partial charge in [-0.15, -0.1) is 0 Å². The van der Waals surface area contributed by atoms with Gasteiger partial charge in [0.1, 0.15) is 0 Å². The Morgan fingerprint density at radius 1 is 1.44 bits per heavy atom. The molecule has 1 aromatic rings. The summed E-state index contributed by atoms with van der Waals surface area (Å²) in [6.07, 6.45) is 3.72. The second-order valence-corrected chi connectivity index (χ2v) is 4.81. The largest absolute Gasteiger partial charge is 0.296 e. The molecule has 1 fully saturated rings. The van der Waals surface area contributed by atoms with Crippen LogP contribution in [-0.4, -0.2) is 30.3 Å². The van der Waals surface area contributed by atoms with E-state index in [4.69, 9.17) is 11.6 Å². The molecule has 0 unspecified atom stereocenters. The van der Waals surface area contributed by atoms with Gasteiger partial charge in [-0.05, 0) is 32.0 Å². The Hall–Kier alpha value is -0.860. The van der Waals surface area contributed by atoms with E-state index in [-0.39, 0.29) is 5.78 Å². The van der Waals surface area contributed by atoms with Crippen molar-refractivity contribution in [2.45, 2.75) is 25.3 Å². The first-order chi connectivity index (χ1) is 7.68. The summed E-state index contributed by atoms with van der Waals surface area (Å²) in [6, 6.07) is 7.83. The Morgan fingerprint density at radius 3 is 2.69 bits per heavy atom. The third-order valence-electron chi connectivity index (χ3n) is 3.27. The third kappa shape index (κ3) is 2.45. The van der Waals surface area contributed by atoms with Crippen molar-refractivity contribution in [3.8, 4) is 0 Å². The van der Waals surface area contributed by atoms with Crippen LogP contribution in [0.5, 0.6) is 0 Å². The molecule has 0 radical (unpaired) electrons. The van der Waals surface area contributed by atoms with Gasteiger partial charge in [-0.25, -0.2) is 0 Å². The monoisotopic (exact) mass is 237 g/mol. The molecule has 86 valence electrons. The summed E-state index contributed by atoms with van der Waals surface area (Å²) in [7, 11) is 2.01. The topological polar surface area (TPSA) is 20.3 Å². The lowest BCUT2D eigenvalue weighted by molar-refractivity contribution is 0.0870. The maximum atomic E-state index is 12.0. The molecule has 0 spiro atoms. The molecule has 16 heavy (non-hydrogen) atoms. The lowest BCUT2D eigenvalue weighted by Crippen LogP contribution is -2.40. The molecule has 0 atom stereocenters. The van der Waals surface area contributed by atoms with Crippen LogP contribution in [0, 0.1) is 0 Å². The van der Waals surface area contributed by atoms with E-state index in [1.165, 1.54) is 19.3 Å². The van der Waals surface area contributed by atoms with E-state index in [1.54, 1.807) is 12.1 Å². The highest BCUT2D eigenvalue weighted by Gasteiger charge is 2.24. The van der Waals surface area contributed by atoms with E-state index >= 15 is 0 Å². The molecule has 0 amide bonds. The number of hydrogen-bond acceptors (Lipinski definition) is 2. The normalized spacial score (nSPS) is 16.2. The lowest BCUT2D eigenvalue weighted by Gasteiger charge is -2.34. The van der Waals surface area contributed by atoms with E-state index < -0.39 is 0 Å². The van der Waals surface area contributed by atoms with Crippen molar-refractivity contribution in [1.82, 2.24) is 4.90 Å². The maximum absolute atomic E-state index is 12.0. The fourth-order valence-electron chi connectivity index (χ4n) is 1.96. The highest BCUT2D eigenvalue weighted by Crippen LogP contribution is 2.24. The number of ketones is 1. The van der Waals surface area contributed by atoms with Gasteiger partial charge in [-0.3, -0.25) is 9.69 Å². The SMILES string of the molecule is CN(CC(=O)c1ccccc1Cl)C1CCC1. The van der Waals surface area contributed by atoms with Crippen molar-refractivity contribution >= 4 is 17.4 Å². The number of halogens is 1. The molecule has 0 aliphatic heterocycles. The summed E-state index contributed by atoms with van der Waals surface area (Å²) in [4.78, 5) is 14.1. The fraction of sp³-hybridized carbons (Fsp3) is 0.462. The van der Waals surface area contributed by atoms with E-state index in [0.717, 1.165) is 0 Å². The molecule has 0 aromatic heterocycles. The van der Waals surface area contributed by atoms with Gasteiger partial charge in [0.05, 0.1) is 11.6 Å². The van der Waals surface area contributed by atoms with Crippen LogP contribution in [0.3, 0.4) is 0 Å². The van der Waals surface area contributed by atoms with Gasteiger partial charge >= 0.3 is 0 Å². The van der Waals surface area contributed by atoms with Gasteiger partial charge in [0.25, 0.3) is 0 Å². The number of benzene rings is 1. The first-order valence-electron chi connectivity index (χ1n) is 5.66. The molecule has 3 heteroatoms. The minimum Gasteiger partial charge on any atom is -0.296 e. The zero-order valence-corrected chi connectivity index (χ0v) is 10.2. The molecule has 1 saturated carbocycles. The standard InChI is InChI=1S/C13H16ClNO/c1-15(10-5-4-6-10)9-13(16)11-7-2-3-8-12(11)14/h2-3,7-8,10H,4-6,9H2,1H3. The number of likely N-dealkylation sites (N-methyl/N-ethyl adjacent to an activating group) is 1. The first-order valence-corrected chi connectivity index (χ1v) is 6.04. The Kier molecular flexibility index (Phi) is 3.62. The van der Waals surface area contributed by atoms with Gasteiger partial charge in [-0.2, -0.15) is 0 Å². The summed E-state index contributed by atoms with van der Waals surface area (Å²) < 4.78 is 0. The molecule has 1 aliphatic rings. The Balaban J connectivity index is 2.00. The summed E-state index contributed by atoms with van der Waals surface area (Å²) in [5.41, 5.74) is 0.635. The van der Waals surface area contributed by atoms with Crippen molar-refractivity contribution < 1.29 is 4.79 Å². The predicted octanol–water partition coefficient (Wildman–Crippen LogP) is 3.01. The summed E-state index contributed by atoms with van der Waals surface area (Å²) >= 11 is 5.99. The zero-order valence-electron chi connectivity index (χ0n) is 9.45. The molecule has 2 rings (SSSR count). The Morgan fingerprint density at radius 2 is 2.12 bits per heavy atom. The minimum absolute atomic E-state index is 0.111. The average molecular weight is 238 g/mol. The summed E-state index contributed by atoms with van der Waals surface area (Å²) in [5.74, 6) is 0.111. The maximum Gasteiger partial charge on any atom is 0.178 e. The Bertz CT molecular complexity index is 387. The number of carbonyl (C=O) groups excluding carboxylic acids is 1. The molecule has 0 bridgehead atoms. The zero-order chi connectivity index (χ0) is 11.5. The molecule has 1 aliphatic carbocycles. The smallest absolute Gasteiger partial charge is 0.178 e. The van der Waals surface area contributed by atoms with Gasteiger partial charge in [0, 0.05) is 11.6 Å². The second kappa shape index (κ2) is 4.98. The van der Waals surface area contributed by atoms with E-state index in [1.807, 2.05) is 19.2 Å². The summed E-state index contributed by atoms with van der Waals surface area (Å²) in [5, 5.41) is 0.550. The number of Topliss-reactive ketones (excluding diaryl/α,β-unsaturated/α-hetero) is 1. The van der Waals surface area contributed by atoms with Gasteiger partial charge < -0.3 is 0 Å². The number of rotatable bonds is 4. The van der Waals surface area contributed by atoms with Crippen LogP contribution >= 0.6 is 11.6 Å². The molecular formula is C13H16ClNO. The van der Waals surface area contributed by atoms with Crippen LogP contribution in [0.1, 0.15) is 29.6 Å². The lowest BCUT2D eigenvalue weighted by atomic mass is 9.91. The highest BCUT2D eigenvalue weighted by molar-refractivity contribution is 6.34. The molecule has 2 nitrogen and oxygen atoms in total. The number of carbonyl (C=O) groups is 1. The van der Waals surface area contributed by atoms with Gasteiger partial charge in [-0.1, -0.05) is 30.2 Å². The van der Waals surface area contributed by atoms with Crippen LogP contribution < -0.4 is 0 Å². The van der Waals surface area contributed by atoms with Crippen molar-refractivity contribution in [2.24, 2.45) is 0 Å². The van der Waals surface area contributed by atoms with Crippen LogP contribution in [0.2, 0.25) is 5.02 Å². The molecule has 0 heterocycles. The van der Waals surface area contributed by atoms with Crippen molar-refractivity contribution in [3.63, 3.8) is 0 Å². The van der Waals surface area contributed by atoms with E-state index in [9.17, 15) is 4.79 Å². The van der Waals surface area contributed by atoms with Crippen LogP contribution in [0.4, 0.5) is 0 Å².